The number of rotatable bonds is 4. The summed E-state index contributed by atoms with van der Waals surface area (Å²) in [5.74, 6) is -3.35. The predicted molar refractivity (Wildman–Crippen MR) is 53.9 cm³/mol. The van der Waals surface area contributed by atoms with Crippen LogP contribution in [0.15, 0.2) is 12.4 Å². The van der Waals surface area contributed by atoms with E-state index in [1.807, 2.05) is 0 Å². The Balaban J connectivity index is 2.80. The second-order valence-electron chi connectivity index (χ2n) is 2.95. The van der Waals surface area contributed by atoms with E-state index in [9.17, 15) is 9.59 Å². The molecule has 1 rings (SSSR count). The van der Waals surface area contributed by atoms with Crippen molar-refractivity contribution in [1.29, 1.82) is 0 Å². The first kappa shape index (κ1) is 12.4. The van der Waals surface area contributed by atoms with E-state index in [1.165, 1.54) is 12.4 Å². The third-order valence-electron chi connectivity index (χ3n) is 1.87. The van der Waals surface area contributed by atoms with Gasteiger partial charge in [-0.05, 0) is 0 Å². The molecular formula is C9H9ClN2O4. The summed E-state index contributed by atoms with van der Waals surface area (Å²) in [6, 6.07) is 0. The standard InChI is InChI=1S/C9H9ClN2O4/c1-16-9(15)6(8(13)14)2-5-3-12-7(10)4-11-5/h3-4,6H,2H2,1H3,(H,13,14). The number of esters is 1. The van der Waals surface area contributed by atoms with Crippen LogP contribution in [0.1, 0.15) is 5.69 Å². The molecule has 86 valence electrons. The van der Waals surface area contributed by atoms with Crippen LogP contribution in [0, 0.1) is 5.92 Å². The highest BCUT2D eigenvalue weighted by Crippen LogP contribution is 2.09. The van der Waals surface area contributed by atoms with Gasteiger partial charge in [-0.2, -0.15) is 0 Å². The lowest BCUT2D eigenvalue weighted by atomic mass is 10.0. The fourth-order valence-corrected chi connectivity index (χ4v) is 1.16. The van der Waals surface area contributed by atoms with Gasteiger partial charge in [-0.25, -0.2) is 4.98 Å². The Kier molecular flexibility index (Phi) is 4.19. The second kappa shape index (κ2) is 5.41. The molecule has 16 heavy (non-hydrogen) atoms. The lowest BCUT2D eigenvalue weighted by Crippen LogP contribution is -2.27. The molecule has 1 aromatic heterocycles. The summed E-state index contributed by atoms with van der Waals surface area (Å²) in [4.78, 5) is 29.5. The van der Waals surface area contributed by atoms with Crippen LogP contribution >= 0.6 is 11.6 Å². The fourth-order valence-electron chi connectivity index (χ4n) is 1.07. The Morgan fingerprint density at radius 3 is 2.62 bits per heavy atom. The molecule has 1 heterocycles. The summed E-state index contributed by atoms with van der Waals surface area (Å²) < 4.78 is 4.38. The van der Waals surface area contributed by atoms with E-state index in [0.29, 0.717) is 5.69 Å². The molecule has 0 spiro atoms. The van der Waals surface area contributed by atoms with Crippen LogP contribution < -0.4 is 0 Å². The summed E-state index contributed by atoms with van der Waals surface area (Å²) in [6.07, 6.45) is 2.53. The van der Waals surface area contributed by atoms with Crippen LogP contribution in [0.3, 0.4) is 0 Å². The molecule has 6 nitrogen and oxygen atoms in total. The molecule has 0 aliphatic heterocycles. The van der Waals surface area contributed by atoms with Crippen molar-refractivity contribution in [3.63, 3.8) is 0 Å². The predicted octanol–water partition coefficient (Wildman–Crippen LogP) is 0.546. The zero-order chi connectivity index (χ0) is 12.1. The monoisotopic (exact) mass is 244 g/mol. The maximum Gasteiger partial charge on any atom is 0.320 e. The molecule has 0 radical (unpaired) electrons. The maximum atomic E-state index is 11.1. The Morgan fingerprint density at radius 1 is 1.50 bits per heavy atom. The minimum atomic E-state index is -1.28. The lowest BCUT2D eigenvalue weighted by Gasteiger charge is -2.08. The van der Waals surface area contributed by atoms with Gasteiger partial charge in [-0.15, -0.1) is 0 Å². The van der Waals surface area contributed by atoms with Crippen LogP contribution in [0.5, 0.6) is 0 Å². The van der Waals surface area contributed by atoms with Crippen molar-refractivity contribution in [2.45, 2.75) is 6.42 Å². The van der Waals surface area contributed by atoms with E-state index >= 15 is 0 Å². The van der Waals surface area contributed by atoms with Gasteiger partial charge >= 0.3 is 11.9 Å². The third kappa shape index (κ3) is 3.16. The third-order valence-corrected chi connectivity index (χ3v) is 2.07. The second-order valence-corrected chi connectivity index (χ2v) is 3.34. The molecular weight excluding hydrogens is 236 g/mol. The normalized spacial score (nSPS) is 11.9. The number of carbonyl (C=O) groups excluding carboxylic acids is 1. The molecule has 0 saturated carbocycles. The molecule has 0 aromatic carbocycles. The number of aliphatic carboxylic acids is 1. The molecule has 1 unspecified atom stereocenters. The SMILES string of the molecule is COC(=O)C(Cc1cnc(Cl)cn1)C(=O)O. The minimum absolute atomic E-state index is 0.0772. The molecule has 0 saturated heterocycles. The van der Waals surface area contributed by atoms with Gasteiger partial charge in [-0.3, -0.25) is 14.6 Å². The van der Waals surface area contributed by atoms with E-state index in [1.54, 1.807) is 0 Å². The number of carboxylic acid groups (broad SMARTS) is 1. The zero-order valence-corrected chi connectivity index (χ0v) is 9.14. The fraction of sp³-hybridized carbons (Fsp3) is 0.333. The largest absolute Gasteiger partial charge is 0.481 e. The molecule has 0 fully saturated rings. The van der Waals surface area contributed by atoms with Gasteiger partial charge in [0.15, 0.2) is 5.92 Å². The Morgan fingerprint density at radius 2 is 2.19 bits per heavy atom. The van der Waals surface area contributed by atoms with Crippen molar-refractivity contribution >= 4 is 23.5 Å². The number of hydrogen-bond donors (Lipinski definition) is 1. The van der Waals surface area contributed by atoms with Gasteiger partial charge in [0.25, 0.3) is 0 Å². The number of carbonyl (C=O) groups is 2. The maximum absolute atomic E-state index is 11.1. The highest BCUT2D eigenvalue weighted by molar-refractivity contribution is 6.29. The van der Waals surface area contributed by atoms with Crippen molar-refractivity contribution in [3.8, 4) is 0 Å². The summed E-state index contributed by atoms with van der Waals surface area (Å²) in [6.45, 7) is 0. The molecule has 0 aliphatic rings. The summed E-state index contributed by atoms with van der Waals surface area (Å²) in [7, 11) is 1.13. The van der Waals surface area contributed by atoms with E-state index in [0.717, 1.165) is 7.11 Å². The first-order valence-electron chi connectivity index (χ1n) is 4.31. The number of aromatic nitrogens is 2. The van der Waals surface area contributed by atoms with Crippen LogP contribution in [-0.2, 0) is 20.7 Å². The van der Waals surface area contributed by atoms with Crippen molar-refractivity contribution in [2.75, 3.05) is 7.11 Å². The van der Waals surface area contributed by atoms with E-state index in [-0.39, 0.29) is 11.6 Å². The average Bonchev–Trinajstić information content (AvgIpc) is 2.27. The molecule has 0 bridgehead atoms. The Hall–Kier alpha value is -1.69. The molecule has 1 N–H and O–H groups in total. The highest BCUT2D eigenvalue weighted by Gasteiger charge is 2.27. The number of methoxy groups -OCH3 is 1. The lowest BCUT2D eigenvalue weighted by molar-refractivity contribution is -0.156. The summed E-state index contributed by atoms with van der Waals surface area (Å²) in [5.41, 5.74) is 0.363. The topological polar surface area (TPSA) is 89.4 Å². The first-order chi connectivity index (χ1) is 7.54. The average molecular weight is 245 g/mol. The highest BCUT2D eigenvalue weighted by atomic mass is 35.5. The number of halogens is 1. The van der Waals surface area contributed by atoms with E-state index in [2.05, 4.69) is 14.7 Å². The molecule has 7 heteroatoms. The van der Waals surface area contributed by atoms with Gasteiger partial charge in [-0.1, -0.05) is 11.6 Å². The molecule has 1 aromatic rings. The summed E-state index contributed by atoms with van der Waals surface area (Å²) in [5, 5.41) is 9.02. The quantitative estimate of drug-likeness (QED) is 0.614. The number of ether oxygens (including phenoxy) is 1. The zero-order valence-electron chi connectivity index (χ0n) is 8.38. The van der Waals surface area contributed by atoms with Crippen LogP contribution in [-0.4, -0.2) is 34.1 Å². The Labute approximate surface area is 96.2 Å². The Bertz CT molecular complexity index is 393. The minimum Gasteiger partial charge on any atom is -0.481 e. The van der Waals surface area contributed by atoms with Gasteiger partial charge < -0.3 is 9.84 Å². The van der Waals surface area contributed by atoms with Crippen molar-refractivity contribution in [1.82, 2.24) is 9.97 Å². The van der Waals surface area contributed by atoms with Crippen molar-refractivity contribution < 1.29 is 19.4 Å². The molecule has 1 atom stereocenters. The van der Waals surface area contributed by atoms with E-state index in [4.69, 9.17) is 16.7 Å². The van der Waals surface area contributed by atoms with Crippen LogP contribution in [0.2, 0.25) is 5.15 Å². The van der Waals surface area contributed by atoms with Crippen LogP contribution in [0.25, 0.3) is 0 Å². The summed E-state index contributed by atoms with van der Waals surface area (Å²) >= 11 is 5.52. The molecule has 0 aliphatic carbocycles. The van der Waals surface area contributed by atoms with Crippen molar-refractivity contribution in [3.05, 3.63) is 23.2 Å². The number of carboxylic acids is 1. The van der Waals surface area contributed by atoms with Gasteiger partial charge in [0.05, 0.1) is 25.2 Å². The van der Waals surface area contributed by atoms with Crippen molar-refractivity contribution in [2.24, 2.45) is 5.92 Å². The number of hydrogen-bond acceptors (Lipinski definition) is 5. The van der Waals surface area contributed by atoms with Gasteiger partial charge in [0.1, 0.15) is 5.15 Å². The smallest absolute Gasteiger partial charge is 0.320 e. The van der Waals surface area contributed by atoms with Gasteiger partial charge in [0, 0.05) is 6.42 Å². The first-order valence-corrected chi connectivity index (χ1v) is 4.69. The molecule has 0 amide bonds. The van der Waals surface area contributed by atoms with Gasteiger partial charge in [0.2, 0.25) is 0 Å². The van der Waals surface area contributed by atoms with Crippen LogP contribution in [0.4, 0.5) is 0 Å². The van der Waals surface area contributed by atoms with E-state index < -0.39 is 17.9 Å². The number of nitrogens with zero attached hydrogens (tertiary/aromatic N) is 2.